The lowest BCUT2D eigenvalue weighted by Crippen LogP contribution is -2.44. The van der Waals surface area contributed by atoms with Gasteiger partial charge in [-0.2, -0.15) is 5.43 Å². The molecule has 1 aliphatic carbocycles. The zero-order valence-electron chi connectivity index (χ0n) is 18.3. The van der Waals surface area contributed by atoms with Gasteiger partial charge in [-0.25, -0.2) is 9.78 Å². The lowest BCUT2D eigenvalue weighted by atomic mass is 9.81. The molecule has 168 valence electrons. The Morgan fingerprint density at radius 2 is 1.61 bits per heavy atom. The van der Waals surface area contributed by atoms with Crippen LogP contribution in [-0.4, -0.2) is 33.8 Å². The molecule has 8 nitrogen and oxygen atoms in total. The van der Waals surface area contributed by atoms with Crippen molar-refractivity contribution in [2.24, 2.45) is 11.8 Å². The van der Waals surface area contributed by atoms with Crippen LogP contribution in [0, 0.1) is 18.8 Å². The van der Waals surface area contributed by atoms with E-state index in [0.717, 1.165) is 28.0 Å². The van der Waals surface area contributed by atoms with Gasteiger partial charge in [0.1, 0.15) is 17.4 Å². The molecule has 1 saturated carbocycles. The smallest absolute Gasteiger partial charge is 0.274 e. The Labute approximate surface area is 190 Å². The van der Waals surface area contributed by atoms with Gasteiger partial charge in [0, 0.05) is 0 Å². The molecule has 0 radical (unpaired) electrons. The first-order valence-corrected chi connectivity index (χ1v) is 11.2. The highest BCUT2D eigenvalue weighted by Crippen LogP contribution is 2.37. The van der Waals surface area contributed by atoms with Crippen molar-refractivity contribution in [3.8, 4) is 11.4 Å². The van der Waals surface area contributed by atoms with Gasteiger partial charge in [0.05, 0.1) is 17.4 Å². The summed E-state index contributed by atoms with van der Waals surface area (Å²) in [6, 6.07) is 14.6. The topological polar surface area (TPSA) is 103 Å². The quantitative estimate of drug-likeness (QED) is 0.621. The van der Waals surface area contributed by atoms with E-state index in [4.69, 9.17) is 0 Å². The van der Waals surface area contributed by atoms with E-state index in [1.165, 1.54) is 0 Å². The van der Waals surface area contributed by atoms with Crippen molar-refractivity contribution in [1.29, 1.82) is 0 Å². The molecule has 3 amide bonds. The molecule has 8 heteroatoms. The Morgan fingerprint density at radius 3 is 2.27 bits per heavy atom. The van der Waals surface area contributed by atoms with Crippen LogP contribution in [0.5, 0.6) is 0 Å². The molecule has 2 N–H and O–H groups in total. The van der Waals surface area contributed by atoms with Gasteiger partial charge in [0.15, 0.2) is 0 Å². The Morgan fingerprint density at radius 1 is 0.970 bits per heavy atom. The Kier molecular flexibility index (Phi) is 5.28. The number of H-pyrrole nitrogens is 1. The number of aromatic nitrogens is 2. The molecule has 2 unspecified atom stereocenters. The summed E-state index contributed by atoms with van der Waals surface area (Å²) in [5.41, 5.74) is 4.63. The summed E-state index contributed by atoms with van der Waals surface area (Å²) in [5, 5.41) is 0.410. The van der Waals surface area contributed by atoms with Gasteiger partial charge in [0.2, 0.25) is 11.8 Å². The number of aryl methyl sites for hydroxylation is 1. The summed E-state index contributed by atoms with van der Waals surface area (Å²) in [4.78, 5) is 56.0. The van der Waals surface area contributed by atoms with E-state index in [1.54, 1.807) is 18.2 Å². The minimum Gasteiger partial charge on any atom is -0.274 e. The number of benzene rings is 2. The van der Waals surface area contributed by atoms with E-state index in [-0.39, 0.29) is 23.7 Å². The van der Waals surface area contributed by atoms with Crippen LogP contribution >= 0.6 is 0 Å². The number of fused-ring (bicyclic) bond motifs is 2. The molecule has 0 bridgehead atoms. The molecule has 0 spiro atoms. The van der Waals surface area contributed by atoms with Crippen LogP contribution in [0.1, 0.15) is 31.2 Å². The minimum atomic E-state index is -0.602. The average Bonchev–Trinajstić information content (AvgIpc) is 3.06. The molecule has 2 aliphatic rings. The number of rotatable bonds is 4. The van der Waals surface area contributed by atoms with Crippen LogP contribution in [0.2, 0.25) is 0 Å². The number of nitrogens with one attached hydrogen (secondary N) is 2. The molecule has 2 atom stereocenters. The number of hydrogen-bond donors (Lipinski definition) is 1. The highest BCUT2D eigenvalue weighted by Gasteiger charge is 2.48. The number of amides is 3. The SMILES string of the molecule is Cc1ccc(-c2[nH+]c3ccccc3c(=O)n2NC(=O)CN2C(=O)C3CCCCC3C2=O)cc1. The molecule has 5 rings (SSSR count). The zero-order valence-corrected chi connectivity index (χ0v) is 18.3. The van der Waals surface area contributed by atoms with E-state index >= 15 is 0 Å². The molecule has 2 heterocycles. The largest absolute Gasteiger partial charge is 0.369 e. The molecule has 1 saturated heterocycles. The van der Waals surface area contributed by atoms with Gasteiger partial charge in [-0.15, -0.1) is 0 Å². The fraction of sp³-hybridized carbons (Fsp3) is 0.320. The predicted octanol–water partition coefficient (Wildman–Crippen LogP) is 2.04. The van der Waals surface area contributed by atoms with Gasteiger partial charge in [-0.05, 0) is 44.0 Å². The number of imide groups is 1. The fourth-order valence-electron chi connectivity index (χ4n) is 4.89. The second kappa shape index (κ2) is 8.27. The third-order valence-corrected chi connectivity index (χ3v) is 6.63. The van der Waals surface area contributed by atoms with Crippen LogP contribution in [0.15, 0.2) is 53.3 Å². The highest BCUT2D eigenvalue weighted by atomic mass is 16.2. The number of likely N-dealkylation sites (tertiary alicyclic amines) is 1. The molecule has 3 aromatic rings. The van der Waals surface area contributed by atoms with Gasteiger partial charge >= 0.3 is 11.4 Å². The lowest BCUT2D eigenvalue weighted by Gasteiger charge is -2.19. The standard InChI is InChI=1S/C25H24N4O4/c1-15-10-12-16(13-11-15)22-26-20-9-5-4-8-19(20)25(33)29(22)27-21(30)14-28-23(31)17-6-2-3-7-18(17)24(28)32/h4-5,8-13,17-18H,2-3,6-7,14H2,1H3,(H,27,30)/p+1. The molecule has 2 aromatic carbocycles. The summed E-state index contributed by atoms with van der Waals surface area (Å²) >= 11 is 0. The molecular weight excluding hydrogens is 420 g/mol. The van der Waals surface area contributed by atoms with E-state index in [1.807, 2.05) is 37.3 Å². The predicted molar refractivity (Wildman–Crippen MR) is 121 cm³/mol. The van der Waals surface area contributed by atoms with Gasteiger partial charge in [-0.1, -0.05) is 47.3 Å². The molecule has 33 heavy (non-hydrogen) atoms. The maximum atomic E-state index is 13.3. The molecule has 1 aromatic heterocycles. The van der Waals surface area contributed by atoms with Crippen molar-refractivity contribution in [2.75, 3.05) is 12.0 Å². The van der Waals surface area contributed by atoms with E-state index in [2.05, 4.69) is 10.4 Å². The zero-order chi connectivity index (χ0) is 23.1. The van der Waals surface area contributed by atoms with E-state index in [9.17, 15) is 19.2 Å². The first kappa shape index (κ1) is 21.1. The summed E-state index contributed by atoms with van der Waals surface area (Å²) < 4.78 is 1.16. The van der Waals surface area contributed by atoms with Crippen molar-refractivity contribution < 1.29 is 19.4 Å². The van der Waals surface area contributed by atoms with Crippen molar-refractivity contribution in [3.63, 3.8) is 0 Å². The van der Waals surface area contributed by atoms with Gasteiger partial charge in [0.25, 0.3) is 5.91 Å². The average molecular weight is 445 g/mol. The number of hydrogen-bond acceptors (Lipinski definition) is 4. The third kappa shape index (κ3) is 3.71. The monoisotopic (exact) mass is 445 g/mol. The number of nitrogens with zero attached hydrogens (tertiary/aromatic N) is 2. The Hall–Kier alpha value is -3.81. The maximum absolute atomic E-state index is 13.3. The fourth-order valence-corrected chi connectivity index (χ4v) is 4.89. The first-order valence-electron chi connectivity index (χ1n) is 11.2. The van der Waals surface area contributed by atoms with Gasteiger partial charge in [-0.3, -0.25) is 19.3 Å². The Balaban J connectivity index is 1.48. The van der Waals surface area contributed by atoms with Gasteiger partial charge < -0.3 is 0 Å². The third-order valence-electron chi connectivity index (χ3n) is 6.63. The van der Waals surface area contributed by atoms with E-state index < -0.39 is 18.0 Å². The van der Waals surface area contributed by atoms with Crippen LogP contribution < -0.4 is 16.0 Å². The van der Waals surface area contributed by atoms with Crippen molar-refractivity contribution in [1.82, 2.24) is 9.58 Å². The summed E-state index contributed by atoms with van der Waals surface area (Å²) in [7, 11) is 0. The van der Waals surface area contributed by atoms with E-state index in [0.29, 0.717) is 35.1 Å². The van der Waals surface area contributed by atoms with Crippen LogP contribution in [0.3, 0.4) is 0 Å². The normalized spacial score (nSPS) is 20.2. The number of carbonyl (C=O) groups is 3. The van der Waals surface area contributed by atoms with Crippen molar-refractivity contribution in [3.05, 3.63) is 64.4 Å². The lowest BCUT2D eigenvalue weighted by molar-refractivity contribution is -0.337. The second-order valence-electron chi connectivity index (χ2n) is 8.82. The number of aromatic amines is 1. The van der Waals surface area contributed by atoms with Crippen LogP contribution in [0.4, 0.5) is 0 Å². The maximum Gasteiger partial charge on any atom is 0.369 e. The summed E-state index contributed by atoms with van der Waals surface area (Å²) in [6.45, 7) is 1.56. The number of carbonyl (C=O) groups excluding carboxylic acids is 3. The summed E-state index contributed by atoms with van der Waals surface area (Å²) in [5.74, 6) is -1.40. The minimum absolute atomic E-state index is 0.281. The second-order valence-corrected chi connectivity index (χ2v) is 8.82. The Bertz CT molecular complexity index is 1300. The van der Waals surface area contributed by atoms with Crippen molar-refractivity contribution in [2.45, 2.75) is 32.6 Å². The molecule has 1 aliphatic heterocycles. The molecular formula is C25H25N4O4+. The first-order chi connectivity index (χ1) is 15.9. The van der Waals surface area contributed by atoms with Crippen molar-refractivity contribution >= 4 is 28.6 Å². The van der Waals surface area contributed by atoms with Crippen LogP contribution in [-0.2, 0) is 14.4 Å². The highest BCUT2D eigenvalue weighted by molar-refractivity contribution is 6.08. The summed E-state index contributed by atoms with van der Waals surface area (Å²) in [6.07, 6.45) is 3.21. The number of para-hydroxylation sites is 1. The molecule has 2 fully saturated rings. The van der Waals surface area contributed by atoms with Crippen LogP contribution in [0.25, 0.3) is 22.3 Å².